The molecule has 3 aromatic rings. The summed E-state index contributed by atoms with van der Waals surface area (Å²) in [4.78, 5) is 11.8. The van der Waals surface area contributed by atoms with Gasteiger partial charge in [-0.1, -0.05) is 13.0 Å². The minimum absolute atomic E-state index is 0.116. The molecule has 0 spiro atoms. The average molecular weight is 451 g/mol. The second-order valence-corrected chi connectivity index (χ2v) is 8.28. The molecule has 1 unspecified atom stereocenters. The molecular weight excluding hydrogens is 435 g/mol. The molecular formula is C19H16F3N5O3S. The smallest absolute Gasteiger partial charge is 0.429 e. The fourth-order valence-corrected chi connectivity index (χ4v) is 3.76. The van der Waals surface area contributed by atoms with Gasteiger partial charge < -0.3 is 4.74 Å². The summed E-state index contributed by atoms with van der Waals surface area (Å²) in [6.45, 7) is 1.63. The molecule has 0 saturated heterocycles. The molecule has 1 aromatic carbocycles. The van der Waals surface area contributed by atoms with E-state index in [2.05, 4.69) is 19.7 Å². The Kier molecular flexibility index (Phi) is 6.26. The number of hydrogen-bond acceptors (Lipinski definition) is 7. The van der Waals surface area contributed by atoms with Crippen LogP contribution in [-0.2, 0) is 10.0 Å². The first-order valence-corrected chi connectivity index (χ1v) is 10.6. The van der Waals surface area contributed by atoms with Crippen molar-refractivity contribution in [2.24, 2.45) is 0 Å². The number of nitrogens with zero attached hydrogens (tertiary/aromatic N) is 4. The summed E-state index contributed by atoms with van der Waals surface area (Å²) in [6.07, 6.45) is -4.73. The number of aromatic nitrogens is 3. The van der Waals surface area contributed by atoms with Crippen molar-refractivity contribution in [1.82, 2.24) is 15.0 Å². The minimum atomic E-state index is -4.84. The van der Waals surface area contributed by atoms with Gasteiger partial charge in [0.1, 0.15) is 0 Å². The summed E-state index contributed by atoms with van der Waals surface area (Å²) < 4.78 is 72.9. The van der Waals surface area contributed by atoms with E-state index in [-0.39, 0.29) is 34.3 Å². The van der Waals surface area contributed by atoms with Crippen molar-refractivity contribution < 1.29 is 26.3 Å². The largest absolute Gasteiger partial charge is 0.457 e. The number of fused-ring (bicyclic) bond motifs is 1. The fraction of sp³-hybridized carbons (Fsp3) is 0.263. The van der Waals surface area contributed by atoms with Crippen LogP contribution in [0.4, 0.5) is 19.0 Å². The van der Waals surface area contributed by atoms with Gasteiger partial charge in [-0.2, -0.15) is 18.4 Å². The first-order chi connectivity index (χ1) is 14.6. The van der Waals surface area contributed by atoms with Gasteiger partial charge in [0, 0.05) is 18.0 Å². The Balaban J connectivity index is 2.14. The van der Waals surface area contributed by atoms with E-state index in [0.29, 0.717) is 0 Å². The van der Waals surface area contributed by atoms with Crippen LogP contribution in [0.2, 0.25) is 0 Å². The molecule has 1 atom stereocenters. The molecule has 0 aliphatic heterocycles. The van der Waals surface area contributed by atoms with E-state index in [1.165, 1.54) is 36.5 Å². The zero-order chi connectivity index (χ0) is 22.6. The quantitative estimate of drug-likeness (QED) is 0.581. The second-order valence-electron chi connectivity index (χ2n) is 6.44. The van der Waals surface area contributed by atoms with Crippen LogP contribution in [-0.4, -0.2) is 35.3 Å². The lowest BCUT2D eigenvalue weighted by Gasteiger charge is -2.22. The number of benzene rings is 1. The van der Waals surface area contributed by atoms with Crippen molar-refractivity contribution in [2.45, 2.75) is 25.6 Å². The highest BCUT2D eigenvalue weighted by atomic mass is 32.2. The number of halogens is 3. The van der Waals surface area contributed by atoms with Crippen LogP contribution < -0.4 is 9.46 Å². The number of nitriles is 1. The number of sulfonamides is 1. The molecule has 0 aliphatic carbocycles. The number of ether oxygens (including phenoxy) is 1. The molecule has 162 valence electrons. The van der Waals surface area contributed by atoms with Gasteiger partial charge in [0.2, 0.25) is 21.9 Å². The van der Waals surface area contributed by atoms with Crippen molar-refractivity contribution in [2.75, 3.05) is 10.5 Å². The lowest BCUT2D eigenvalue weighted by atomic mass is 10.1. The van der Waals surface area contributed by atoms with Gasteiger partial charge in [-0.25, -0.2) is 18.4 Å². The molecule has 0 fully saturated rings. The summed E-state index contributed by atoms with van der Waals surface area (Å²) in [5.41, 5.74) is 0.172. The average Bonchev–Trinajstić information content (AvgIpc) is 2.71. The van der Waals surface area contributed by atoms with Gasteiger partial charge in [-0.05, 0) is 30.7 Å². The molecule has 1 N–H and O–H groups in total. The Labute approximate surface area is 175 Å². The highest BCUT2D eigenvalue weighted by Crippen LogP contribution is 2.38. The minimum Gasteiger partial charge on any atom is -0.457 e. The Morgan fingerprint density at radius 3 is 2.61 bits per heavy atom. The summed E-state index contributed by atoms with van der Waals surface area (Å²) in [5, 5.41) is 9.05. The molecule has 0 saturated carbocycles. The molecule has 0 bridgehead atoms. The SMILES string of the molecule is CCCS(=O)(=O)Nc1nc2cc(C#N)ccc2nc1OC(c1cccnc1)C(F)(F)F. The zero-order valence-electron chi connectivity index (χ0n) is 16.1. The maximum atomic E-state index is 13.7. The van der Waals surface area contributed by atoms with Crippen LogP contribution >= 0.6 is 0 Å². The molecule has 3 rings (SSSR count). The van der Waals surface area contributed by atoms with Gasteiger partial charge in [0.15, 0.2) is 0 Å². The molecule has 0 aliphatic rings. The maximum absolute atomic E-state index is 13.7. The predicted molar refractivity (Wildman–Crippen MR) is 106 cm³/mol. The van der Waals surface area contributed by atoms with E-state index in [0.717, 1.165) is 6.20 Å². The number of anilines is 1. The molecule has 31 heavy (non-hydrogen) atoms. The molecule has 12 heteroatoms. The lowest BCUT2D eigenvalue weighted by Crippen LogP contribution is -2.27. The topological polar surface area (TPSA) is 118 Å². The number of nitrogens with one attached hydrogen (secondary N) is 1. The fourth-order valence-electron chi connectivity index (χ4n) is 2.69. The van der Waals surface area contributed by atoms with Crippen LogP contribution in [0.5, 0.6) is 5.88 Å². The molecule has 8 nitrogen and oxygen atoms in total. The summed E-state index contributed by atoms with van der Waals surface area (Å²) in [6, 6.07) is 8.53. The highest BCUT2D eigenvalue weighted by Gasteiger charge is 2.44. The van der Waals surface area contributed by atoms with Gasteiger partial charge in [0.05, 0.1) is 28.4 Å². The monoisotopic (exact) mass is 451 g/mol. The number of pyridine rings is 1. The molecule has 2 aromatic heterocycles. The van der Waals surface area contributed by atoms with Crippen LogP contribution in [0.15, 0.2) is 42.7 Å². The Morgan fingerprint density at radius 1 is 1.23 bits per heavy atom. The zero-order valence-corrected chi connectivity index (χ0v) is 16.9. The van der Waals surface area contributed by atoms with E-state index in [4.69, 9.17) is 10.00 Å². The highest BCUT2D eigenvalue weighted by molar-refractivity contribution is 7.92. The van der Waals surface area contributed by atoms with Crippen molar-refractivity contribution in [1.29, 1.82) is 5.26 Å². The van der Waals surface area contributed by atoms with E-state index in [9.17, 15) is 21.6 Å². The third-order valence-electron chi connectivity index (χ3n) is 4.00. The lowest BCUT2D eigenvalue weighted by molar-refractivity contribution is -0.198. The first-order valence-electron chi connectivity index (χ1n) is 8.98. The number of alkyl halides is 3. The van der Waals surface area contributed by atoms with Crippen molar-refractivity contribution in [3.63, 3.8) is 0 Å². The van der Waals surface area contributed by atoms with Crippen LogP contribution in [0.3, 0.4) is 0 Å². The van der Waals surface area contributed by atoms with E-state index in [1.807, 2.05) is 6.07 Å². The maximum Gasteiger partial charge on any atom is 0.429 e. The number of rotatable bonds is 7. The summed E-state index contributed by atoms with van der Waals surface area (Å²) in [5.74, 6) is -1.44. The summed E-state index contributed by atoms with van der Waals surface area (Å²) >= 11 is 0. The van der Waals surface area contributed by atoms with Gasteiger partial charge in [-0.15, -0.1) is 0 Å². The van der Waals surface area contributed by atoms with Crippen molar-refractivity contribution in [3.8, 4) is 11.9 Å². The molecule has 2 heterocycles. The normalized spacial score (nSPS) is 12.9. The molecule has 0 radical (unpaired) electrons. The standard InChI is InChI=1S/C19H16F3N5O3S/c1-2-8-31(28,29)27-17-18(26-14-6-5-12(10-23)9-15(14)25-17)30-16(19(20,21)22)13-4-3-7-24-11-13/h3-7,9,11,16H,2,8H2,1H3,(H,25,27). The van der Waals surface area contributed by atoms with Crippen LogP contribution in [0.1, 0.15) is 30.6 Å². The third-order valence-corrected chi connectivity index (χ3v) is 5.45. The van der Waals surface area contributed by atoms with Crippen molar-refractivity contribution >= 4 is 26.9 Å². The Hall–Kier alpha value is -3.46. The van der Waals surface area contributed by atoms with Crippen LogP contribution in [0.25, 0.3) is 11.0 Å². The number of hydrogen-bond donors (Lipinski definition) is 1. The third kappa shape index (κ3) is 5.37. The Morgan fingerprint density at radius 2 is 2.00 bits per heavy atom. The van der Waals surface area contributed by atoms with Crippen LogP contribution in [0, 0.1) is 11.3 Å². The van der Waals surface area contributed by atoms with E-state index in [1.54, 1.807) is 6.92 Å². The first kappa shape index (κ1) is 22.2. The van der Waals surface area contributed by atoms with Gasteiger partial charge in [0.25, 0.3) is 5.88 Å². The second kappa shape index (κ2) is 8.73. The molecule has 0 amide bonds. The van der Waals surface area contributed by atoms with Gasteiger partial charge >= 0.3 is 6.18 Å². The summed E-state index contributed by atoms with van der Waals surface area (Å²) in [7, 11) is -3.92. The predicted octanol–water partition coefficient (Wildman–Crippen LogP) is 3.73. The Bertz CT molecular complexity index is 1230. The van der Waals surface area contributed by atoms with Crippen molar-refractivity contribution in [3.05, 3.63) is 53.9 Å². The van der Waals surface area contributed by atoms with E-state index >= 15 is 0 Å². The van der Waals surface area contributed by atoms with Gasteiger partial charge in [-0.3, -0.25) is 9.71 Å². The van der Waals surface area contributed by atoms with E-state index < -0.39 is 34.0 Å².